The smallest absolute Gasteiger partial charge is 0.276 e. The Morgan fingerprint density at radius 2 is 2.08 bits per heavy atom. The van der Waals surface area contributed by atoms with Crippen LogP contribution >= 0.6 is 0 Å². The molecule has 0 fully saturated rings. The molecule has 1 aromatic carbocycles. The van der Waals surface area contributed by atoms with Crippen LogP contribution in [0.15, 0.2) is 71.9 Å². The third-order valence-corrected chi connectivity index (χ3v) is 5.75. The van der Waals surface area contributed by atoms with Gasteiger partial charge in [-0.05, 0) is 55.3 Å². The van der Waals surface area contributed by atoms with Gasteiger partial charge in [0, 0.05) is 25.4 Å². The number of aromatic amines is 1. The fourth-order valence-corrected chi connectivity index (χ4v) is 4.09. The lowest BCUT2D eigenvalue weighted by atomic mass is 10.1. The number of carbonyl (C=O) groups is 2. The van der Waals surface area contributed by atoms with E-state index >= 15 is 0 Å². The molecule has 1 aliphatic heterocycles. The first-order valence-corrected chi connectivity index (χ1v) is 11.6. The molecule has 0 saturated carbocycles. The minimum Gasteiger partial charge on any atom is -0.354 e. The molecule has 2 amide bonds. The number of benzene rings is 1. The van der Waals surface area contributed by atoms with Crippen LogP contribution in [0.25, 0.3) is 17.3 Å². The minimum atomic E-state index is -0.205. The number of nitrogens with two attached hydrogens (primary N) is 1. The van der Waals surface area contributed by atoms with E-state index in [0.29, 0.717) is 35.8 Å². The summed E-state index contributed by atoms with van der Waals surface area (Å²) >= 11 is 0. The number of pyridine rings is 1. The Kier molecular flexibility index (Phi) is 7.84. The minimum absolute atomic E-state index is 0.180. The summed E-state index contributed by atoms with van der Waals surface area (Å²) in [7, 11) is 1.60. The second-order valence-corrected chi connectivity index (χ2v) is 8.08. The standard InChI is InChI=1S/C27H28N6O3/c1-3-7-20(17-36-28)30-14-12-19-8-6-10-22(31-19)27(35)33-15-13-18-16-23(26(34)29-2)32-25(18)21-9-4-5-11-24(21)33/h3-12,14,16,32H,13,15,17,28H2,1-2H3,(H,29,34)/b7-3-,14-12+,30-20+. The van der Waals surface area contributed by atoms with Crippen LogP contribution < -0.4 is 16.1 Å². The van der Waals surface area contributed by atoms with E-state index in [2.05, 4.69) is 25.1 Å². The van der Waals surface area contributed by atoms with E-state index in [-0.39, 0.29) is 18.4 Å². The molecule has 3 aromatic rings. The van der Waals surface area contributed by atoms with Crippen LogP contribution in [-0.4, -0.2) is 47.7 Å². The molecule has 0 bridgehead atoms. The Labute approximate surface area is 209 Å². The number of anilines is 1. The molecule has 9 heteroatoms. The largest absolute Gasteiger partial charge is 0.354 e. The Morgan fingerprint density at radius 1 is 1.25 bits per heavy atom. The molecule has 0 radical (unpaired) electrons. The van der Waals surface area contributed by atoms with Crippen molar-refractivity contribution in [2.45, 2.75) is 13.3 Å². The summed E-state index contributed by atoms with van der Waals surface area (Å²) in [6.07, 6.45) is 7.56. The molecule has 0 spiro atoms. The number of para-hydroxylation sites is 1. The first-order valence-electron chi connectivity index (χ1n) is 11.6. The van der Waals surface area contributed by atoms with Crippen molar-refractivity contribution in [1.82, 2.24) is 15.3 Å². The number of aliphatic imine (C=N–C) groups is 1. The van der Waals surface area contributed by atoms with Crippen LogP contribution in [0.5, 0.6) is 0 Å². The summed E-state index contributed by atoms with van der Waals surface area (Å²) in [5.41, 5.74) is 5.53. The first-order chi connectivity index (χ1) is 17.5. The molecular formula is C27H28N6O3. The molecule has 184 valence electrons. The molecule has 4 N–H and O–H groups in total. The Bertz CT molecular complexity index is 1360. The Morgan fingerprint density at radius 3 is 2.86 bits per heavy atom. The lowest BCUT2D eigenvalue weighted by Crippen LogP contribution is -2.33. The number of allylic oxidation sites excluding steroid dienone is 1. The predicted octanol–water partition coefficient (Wildman–Crippen LogP) is 3.52. The number of nitrogens with one attached hydrogen (secondary N) is 2. The van der Waals surface area contributed by atoms with Gasteiger partial charge in [0.2, 0.25) is 0 Å². The van der Waals surface area contributed by atoms with E-state index in [0.717, 1.165) is 22.5 Å². The van der Waals surface area contributed by atoms with Gasteiger partial charge in [0.05, 0.1) is 22.8 Å². The van der Waals surface area contributed by atoms with Crippen molar-refractivity contribution in [1.29, 1.82) is 0 Å². The third-order valence-electron chi connectivity index (χ3n) is 5.75. The number of H-pyrrole nitrogens is 1. The number of hydrogen-bond donors (Lipinski definition) is 3. The summed E-state index contributed by atoms with van der Waals surface area (Å²) in [6.45, 7) is 2.51. The zero-order valence-corrected chi connectivity index (χ0v) is 20.2. The van der Waals surface area contributed by atoms with E-state index in [4.69, 9.17) is 5.90 Å². The Balaban J connectivity index is 1.62. The van der Waals surface area contributed by atoms with Gasteiger partial charge in [0.1, 0.15) is 18.0 Å². The van der Waals surface area contributed by atoms with Crippen LogP contribution in [-0.2, 0) is 11.3 Å². The fourth-order valence-electron chi connectivity index (χ4n) is 4.09. The number of nitrogens with zero attached hydrogens (tertiary/aromatic N) is 3. The van der Waals surface area contributed by atoms with Crippen LogP contribution in [0, 0.1) is 0 Å². The van der Waals surface area contributed by atoms with Crippen LogP contribution in [0.3, 0.4) is 0 Å². The van der Waals surface area contributed by atoms with Crippen molar-refractivity contribution < 1.29 is 14.4 Å². The maximum atomic E-state index is 13.6. The van der Waals surface area contributed by atoms with Gasteiger partial charge in [-0.3, -0.25) is 19.4 Å². The van der Waals surface area contributed by atoms with Gasteiger partial charge in [-0.1, -0.05) is 30.3 Å². The zero-order chi connectivity index (χ0) is 25.5. The number of aromatic nitrogens is 2. The van der Waals surface area contributed by atoms with E-state index in [1.165, 1.54) is 0 Å². The van der Waals surface area contributed by atoms with E-state index in [1.54, 1.807) is 48.5 Å². The maximum Gasteiger partial charge on any atom is 0.276 e. The van der Waals surface area contributed by atoms with Gasteiger partial charge < -0.3 is 15.2 Å². The number of hydrogen-bond acceptors (Lipinski definition) is 6. The molecule has 36 heavy (non-hydrogen) atoms. The average molecular weight is 485 g/mol. The number of fused-ring (bicyclic) bond motifs is 3. The summed E-state index contributed by atoms with van der Waals surface area (Å²) < 4.78 is 0. The van der Waals surface area contributed by atoms with Crippen LogP contribution in [0.4, 0.5) is 5.69 Å². The highest BCUT2D eigenvalue weighted by molar-refractivity contribution is 6.07. The summed E-state index contributed by atoms with van der Waals surface area (Å²) in [5.74, 6) is 4.76. The van der Waals surface area contributed by atoms with Gasteiger partial charge in [0.25, 0.3) is 11.8 Å². The van der Waals surface area contributed by atoms with E-state index in [9.17, 15) is 9.59 Å². The van der Waals surface area contributed by atoms with Gasteiger partial charge in [-0.2, -0.15) is 0 Å². The zero-order valence-electron chi connectivity index (χ0n) is 20.2. The lowest BCUT2D eigenvalue weighted by Gasteiger charge is -2.22. The van der Waals surface area contributed by atoms with E-state index in [1.807, 2.05) is 43.3 Å². The first kappa shape index (κ1) is 24.8. The van der Waals surface area contributed by atoms with Gasteiger partial charge >= 0.3 is 0 Å². The monoisotopic (exact) mass is 484 g/mol. The second kappa shape index (κ2) is 11.4. The molecule has 3 heterocycles. The highest BCUT2D eigenvalue weighted by Crippen LogP contribution is 2.36. The van der Waals surface area contributed by atoms with Crippen LogP contribution in [0.1, 0.15) is 39.2 Å². The third kappa shape index (κ3) is 5.32. The normalized spacial score (nSPS) is 13.5. The lowest BCUT2D eigenvalue weighted by molar-refractivity contribution is 0.0956. The Hall–Kier alpha value is -4.34. The summed E-state index contributed by atoms with van der Waals surface area (Å²) in [6, 6.07) is 14.8. The SMILES string of the molecule is C\C=C/C(CON)=N\C=C\c1cccc(C(=O)N2CCc3cc(C(=O)NC)[nH]c3-c3ccccc32)n1. The van der Waals surface area contributed by atoms with Gasteiger partial charge in [0.15, 0.2) is 0 Å². The quantitative estimate of drug-likeness (QED) is 0.349. The fraction of sp³-hybridized carbons (Fsp3) is 0.185. The molecule has 0 saturated heterocycles. The average Bonchev–Trinajstić information content (AvgIpc) is 3.26. The molecule has 0 aliphatic carbocycles. The van der Waals surface area contributed by atoms with Crippen molar-refractivity contribution in [2.24, 2.45) is 10.9 Å². The van der Waals surface area contributed by atoms with Crippen LogP contribution in [0.2, 0.25) is 0 Å². The number of amides is 2. The highest BCUT2D eigenvalue weighted by Gasteiger charge is 2.27. The molecule has 2 aromatic heterocycles. The second-order valence-electron chi connectivity index (χ2n) is 8.08. The van der Waals surface area contributed by atoms with E-state index < -0.39 is 0 Å². The van der Waals surface area contributed by atoms with Gasteiger partial charge in [-0.15, -0.1) is 0 Å². The molecule has 9 nitrogen and oxygen atoms in total. The molecule has 0 unspecified atom stereocenters. The topological polar surface area (TPSA) is 126 Å². The van der Waals surface area contributed by atoms with Crippen molar-refractivity contribution in [3.63, 3.8) is 0 Å². The summed E-state index contributed by atoms with van der Waals surface area (Å²) in [5, 5.41) is 2.65. The van der Waals surface area contributed by atoms with Crippen molar-refractivity contribution in [2.75, 3.05) is 25.1 Å². The highest BCUT2D eigenvalue weighted by atomic mass is 16.6. The van der Waals surface area contributed by atoms with Gasteiger partial charge in [-0.25, -0.2) is 10.9 Å². The molecular weight excluding hydrogens is 456 g/mol. The number of rotatable bonds is 7. The van der Waals surface area contributed by atoms with Crippen molar-refractivity contribution in [3.8, 4) is 11.3 Å². The molecule has 4 rings (SSSR count). The number of carbonyl (C=O) groups excluding carboxylic acids is 2. The van der Waals surface area contributed by atoms with Crippen molar-refractivity contribution in [3.05, 3.63) is 89.5 Å². The van der Waals surface area contributed by atoms with Crippen molar-refractivity contribution >= 4 is 29.3 Å². The maximum absolute atomic E-state index is 13.6. The summed E-state index contributed by atoms with van der Waals surface area (Å²) in [4.78, 5) is 44.3. The molecule has 1 aliphatic rings. The predicted molar refractivity (Wildman–Crippen MR) is 141 cm³/mol. The molecule has 0 atom stereocenters.